The number of nitrogens with one attached hydrogen (secondary N) is 1. The van der Waals surface area contributed by atoms with Crippen LogP contribution >= 0.6 is 0 Å². The lowest BCUT2D eigenvalue weighted by Gasteiger charge is -2.17. The number of hydrogen-bond acceptors (Lipinski definition) is 4. The van der Waals surface area contributed by atoms with Crippen molar-refractivity contribution in [3.63, 3.8) is 0 Å². The minimum absolute atomic E-state index is 0.0927. The number of ether oxygens (including phenoxy) is 1. The molecule has 0 aliphatic carbocycles. The summed E-state index contributed by atoms with van der Waals surface area (Å²) in [5.74, 6) is 0.696. The van der Waals surface area contributed by atoms with Gasteiger partial charge in [-0.15, -0.1) is 0 Å². The maximum Gasteiger partial charge on any atom is 0.269 e. The summed E-state index contributed by atoms with van der Waals surface area (Å²) in [6.07, 6.45) is 8.50. The molecule has 1 atom stereocenters. The first-order valence-electron chi connectivity index (χ1n) is 8.79. The number of nitro groups is 1. The van der Waals surface area contributed by atoms with Crippen LogP contribution in [-0.4, -0.2) is 24.1 Å². The highest BCUT2D eigenvalue weighted by atomic mass is 16.6. The number of non-ortho nitro benzene ring substituents is 1. The van der Waals surface area contributed by atoms with Gasteiger partial charge >= 0.3 is 0 Å². The van der Waals surface area contributed by atoms with E-state index in [2.05, 4.69) is 19.2 Å². The Labute approximate surface area is 139 Å². The SMILES string of the molecule is CCCCCCCNCCC(CC)Oc1ccc([N+](=O)[O-])cc1. The fourth-order valence-electron chi connectivity index (χ4n) is 2.43. The molecule has 0 fully saturated rings. The molecule has 0 aromatic heterocycles. The molecule has 1 N–H and O–H groups in total. The second-order valence-electron chi connectivity index (χ2n) is 5.85. The molecule has 5 heteroatoms. The van der Waals surface area contributed by atoms with E-state index >= 15 is 0 Å². The van der Waals surface area contributed by atoms with Gasteiger partial charge < -0.3 is 10.1 Å². The molecule has 0 saturated heterocycles. The molecule has 1 aromatic carbocycles. The van der Waals surface area contributed by atoms with Gasteiger partial charge in [-0.1, -0.05) is 39.5 Å². The molecular weight excluding hydrogens is 292 g/mol. The number of unbranched alkanes of at least 4 members (excludes halogenated alkanes) is 4. The Morgan fingerprint density at radius 3 is 2.39 bits per heavy atom. The monoisotopic (exact) mass is 322 g/mol. The van der Waals surface area contributed by atoms with Crippen molar-refractivity contribution in [1.82, 2.24) is 5.32 Å². The second-order valence-corrected chi connectivity index (χ2v) is 5.85. The van der Waals surface area contributed by atoms with Crippen molar-refractivity contribution in [2.75, 3.05) is 13.1 Å². The molecule has 0 saturated carbocycles. The molecule has 0 amide bonds. The Bertz CT molecular complexity index is 434. The van der Waals surface area contributed by atoms with Crippen molar-refractivity contribution in [1.29, 1.82) is 0 Å². The zero-order chi connectivity index (χ0) is 16.9. The third-order valence-corrected chi connectivity index (χ3v) is 3.91. The molecule has 1 aromatic rings. The Balaban J connectivity index is 2.20. The van der Waals surface area contributed by atoms with Crippen molar-refractivity contribution >= 4 is 5.69 Å². The minimum Gasteiger partial charge on any atom is -0.490 e. The highest BCUT2D eigenvalue weighted by Crippen LogP contribution is 2.19. The van der Waals surface area contributed by atoms with Crippen molar-refractivity contribution in [3.8, 4) is 5.75 Å². The van der Waals surface area contributed by atoms with Crippen LogP contribution in [0.15, 0.2) is 24.3 Å². The summed E-state index contributed by atoms with van der Waals surface area (Å²) in [6, 6.07) is 6.30. The fourth-order valence-corrected chi connectivity index (χ4v) is 2.43. The Hall–Kier alpha value is -1.62. The van der Waals surface area contributed by atoms with Crippen LogP contribution in [-0.2, 0) is 0 Å². The molecule has 0 heterocycles. The topological polar surface area (TPSA) is 64.4 Å². The molecule has 1 rings (SSSR count). The van der Waals surface area contributed by atoms with Gasteiger partial charge in [0, 0.05) is 12.1 Å². The van der Waals surface area contributed by atoms with Crippen LogP contribution in [0.4, 0.5) is 5.69 Å². The van der Waals surface area contributed by atoms with Gasteiger partial charge in [0.1, 0.15) is 5.75 Å². The predicted octanol–water partition coefficient (Wildman–Crippen LogP) is 4.70. The lowest BCUT2D eigenvalue weighted by Crippen LogP contribution is -2.24. The van der Waals surface area contributed by atoms with E-state index < -0.39 is 4.92 Å². The van der Waals surface area contributed by atoms with Gasteiger partial charge in [0.05, 0.1) is 11.0 Å². The third kappa shape index (κ3) is 8.55. The highest BCUT2D eigenvalue weighted by Gasteiger charge is 2.09. The lowest BCUT2D eigenvalue weighted by atomic mass is 10.1. The molecule has 0 aliphatic rings. The van der Waals surface area contributed by atoms with Crippen molar-refractivity contribution in [2.45, 2.75) is 64.9 Å². The zero-order valence-electron chi connectivity index (χ0n) is 14.4. The van der Waals surface area contributed by atoms with Crippen LogP contribution in [0.5, 0.6) is 5.75 Å². The first kappa shape index (κ1) is 19.4. The van der Waals surface area contributed by atoms with Crippen LogP contribution in [0.3, 0.4) is 0 Å². The summed E-state index contributed by atoms with van der Waals surface area (Å²) < 4.78 is 5.90. The molecule has 0 spiro atoms. The maximum absolute atomic E-state index is 10.6. The lowest BCUT2D eigenvalue weighted by molar-refractivity contribution is -0.384. The third-order valence-electron chi connectivity index (χ3n) is 3.91. The predicted molar refractivity (Wildman–Crippen MR) is 94.0 cm³/mol. The van der Waals surface area contributed by atoms with E-state index in [9.17, 15) is 10.1 Å². The number of benzene rings is 1. The van der Waals surface area contributed by atoms with Gasteiger partial charge in [-0.05, 0) is 44.5 Å². The second kappa shape index (κ2) is 11.9. The van der Waals surface area contributed by atoms with E-state index in [0.717, 1.165) is 25.9 Å². The van der Waals surface area contributed by atoms with Crippen molar-refractivity contribution < 1.29 is 9.66 Å². The van der Waals surface area contributed by atoms with E-state index in [1.807, 2.05) is 0 Å². The molecule has 0 aliphatic heterocycles. The summed E-state index contributed by atoms with van der Waals surface area (Å²) in [5, 5.41) is 14.1. The van der Waals surface area contributed by atoms with Gasteiger partial charge in [-0.25, -0.2) is 0 Å². The van der Waals surface area contributed by atoms with Gasteiger partial charge in [-0.3, -0.25) is 10.1 Å². The van der Waals surface area contributed by atoms with Gasteiger partial charge in [0.15, 0.2) is 0 Å². The molecule has 23 heavy (non-hydrogen) atoms. The first-order valence-corrected chi connectivity index (χ1v) is 8.79. The summed E-state index contributed by atoms with van der Waals surface area (Å²) in [7, 11) is 0. The summed E-state index contributed by atoms with van der Waals surface area (Å²) in [4.78, 5) is 10.2. The largest absolute Gasteiger partial charge is 0.490 e. The van der Waals surface area contributed by atoms with Gasteiger partial charge in [-0.2, -0.15) is 0 Å². The summed E-state index contributed by atoms with van der Waals surface area (Å²) >= 11 is 0. The van der Waals surface area contributed by atoms with E-state index in [0.29, 0.717) is 5.75 Å². The number of nitro benzene ring substituents is 1. The maximum atomic E-state index is 10.6. The molecule has 5 nitrogen and oxygen atoms in total. The number of nitrogens with zero attached hydrogens (tertiary/aromatic N) is 1. The fraction of sp³-hybridized carbons (Fsp3) is 0.667. The molecule has 1 unspecified atom stereocenters. The molecule has 130 valence electrons. The average Bonchev–Trinajstić information content (AvgIpc) is 2.56. The van der Waals surface area contributed by atoms with Gasteiger partial charge in [0.2, 0.25) is 0 Å². The van der Waals surface area contributed by atoms with Crippen molar-refractivity contribution in [2.24, 2.45) is 0 Å². The van der Waals surface area contributed by atoms with E-state index in [1.54, 1.807) is 12.1 Å². The van der Waals surface area contributed by atoms with Crippen LogP contribution in [0.2, 0.25) is 0 Å². The minimum atomic E-state index is -0.397. The zero-order valence-corrected chi connectivity index (χ0v) is 14.4. The highest BCUT2D eigenvalue weighted by molar-refractivity contribution is 5.36. The summed E-state index contributed by atoms with van der Waals surface area (Å²) in [5.41, 5.74) is 0.0927. The van der Waals surface area contributed by atoms with E-state index in [1.165, 1.54) is 44.2 Å². The molecule has 0 bridgehead atoms. The smallest absolute Gasteiger partial charge is 0.269 e. The Kier molecular flexibility index (Phi) is 10.0. The van der Waals surface area contributed by atoms with Crippen LogP contribution in [0.25, 0.3) is 0 Å². The van der Waals surface area contributed by atoms with Crippen LogP contribution < -0.4 is 10.1 Å². The van der Waals surface area contributed by atoms with Crippen molar-refractivity contribution in [3.05, 3.63) is 34.4 Å². The average molecular weight is 322 g/mol. The molecular formula is C18H30N2O3. The summed E-state index contributed by atoms with van der Waals surface area (Å²) in [6.45, 7) is 6.34. The van der Waals surface area contributed by atoms with Gasteiger partial charge in [0.25, 0.3) is 5.69 Å². The van der Waals surface area contributed by atoms with Crippen LogP contribution in [0.1, 0.15) is 58.8 Å². The van der Waals surface area contributed by atoms with E-state index in [-0.39, 0.29) is 11.8 Å². The number of rotatable bonds is 13. The van der Waals surface area contributed by atoms with Crippen LogP contribution in [0, 0.1) is 10.1 Å². The Morgan fingerprint density at radius 2 is 1.78 bits per heavy atom. The molecule has 0 radical (unpaired) electrons. The number of hydrogen-bond donors (Lipinski definition) is 1. The standard InChI is InChI=1S/C18H30N2O3/c1-3-5-6-7-8-14-19-15-13-17(4-2)23-18-11-9-16(10-12-18)20(21)22/h9-12,17,19H,3-8,13-15H2,1-2H3. The quantitative estimate of drug-likeness (QED) is 0.325. The first-order chi connectivity index (χ1) is 11.2. The Morgan fingerprint density at radius 1 is 1.09 bits per heavy atom. The normalized spacial score (nSPS) is 12.1. The van der Waals surface area contributed by atoms with E-state index in [4.69, 9.17) is 4.74 Å².